The number of guanidine groups is 1. The second-order valence-electron chi connectivity index (χ2n) is 5.16. The molecular formula is C17H31IN4. The molecule has 0 aromatic heterocycles. The number of rotatable bonds is 9. The van der Waals surface area contributed by atoms with Crippen molar-refractivity contribution in [1.29, 1.82) is 0 Å². The monoisotopic (exact) mass is 418 g/mol. The lowest BCUT2D eigenvalue weighted by atomic mass is 10.3. The fraction of sp³-hybridized carbons (Fsp3) is 0.588. The molecule has 0 atom stereocenters. The standard InChI is InChI=1S/C17H30N4.HI/c1-4-6-15-21(3)17(18-5-2)20-14-10-13-19-16-11-8-7-9-12-16;/h7-9,11-12,19H,4-6,10,13-15H2,1-3H3,(H,18,20);1H. The number of nitrogens with one attached hydrogen (secondary N) is 2. The van der Waals surface area contributed by atoms with E-state index in [-0.39, 0.29) is 24.0 Å². The molecule has 0 amide bonds. The minimum Gasteiger partial charge on any atom is -0.385 e. The van der Waals surface area contributed by atoms with Crippen LogP contribution in [0, 0.1) is 0 Å². The molecule has 22 heavy (non-hydrogen) atoms. The number of benzene rings is 1. The third kappa shape index (κ3) is 9.12. The van der Waals surface area contributed by atoms with Crippen LogP contribution in [0.4, 0.5) is 5.69 Å². The Morgan fingerprint density at radius 1 is 1.14 bits per heavy atom. The van der Waals surface area contributed by atoms with E-state index in [2.05, 4.69) is 53.6 Å². The number of halogens is 1. The molecular weight excluding hydrogens is 387 g/mol. The lowest BCUT2D eigenvalue weighted by Crippen LogP contribution is -2.39. The van der Waals surface area contributed by atoms with Crippen LogP contribution in [0.2, 0.25) is 0 Å². The number of anilines is 1. The van der Waals surface area contributed by atoms with Crippen molar-refractivity contribution < 1.29 is 0 Å². The van der Waals surface area contributed by atoms with Crippen LogP contribution in [0.1, 0.15) is 33.1 Å². The van der Waals surface area contributed by atoms with Gasteiger partial charge >= 0.3 is 0 Å². The van der Waals surface area contributed by atoms with Crippen molar-refractivity contribution >= 4 is 35.6 Å². The van der Waals surface area contributed by atoms with Gasteiger partial charge in [0.05, 0.1) is 0 Å². The van der Waals surface area contributed by atoms with Gasteiger partial charge in [0, 0.05) is 38.9 Å². The summed E-state index contributed by atoms with van der Waals surface area (Å²) < 4.78 is 0. The maximum Gasteiger partial charge on any atom is 0.193 e. The zero-order valence-electron chi connectivity index (χ0n) is 14.1. The van der Waals surface area contributed by atoms with E-state index in [1.165, 1.54) is 18.5 Å². The SMILES string of the molecule is CCCCN(C)C(=NCCCNc1ccccc1)NCC.I. The Morgan fingerprint density at radius 2 is 1.86 bits per heavy atom. The van der Waals surface area contributed by atoms with E-state index in [0.717, 1.165) is 38.6 Å². The topological polar surface area (TPSA) is 39.7 Å². The molecule has 0 bridgehead atoms. The van der Waals surface area contributed by atoms with Crippen molar-refractivity contribution in [3.63, 3.8) is 0 Å². The van der Waals surface area contributed by atoms with Crippen LogP contribution in [0.3, 0.4) is 0 Å². The summed E-state index contributed by atoms with van der Waals surface area (Å²) in [6.07, 6.45) is 3.45. The summed E-state index contributed by atoms with van der Waals surface area (Å²) >= 11 is 0. The summed E-state index contributed by atoms with van der Waals surface area (Å²) in [7, 11) is 2.11. The second kappa shape index (κ2) is 13.7. The molecule has 0 spiro atoms. The third-order valence-electron chi connectivity index (χ3n) is 3.24. The van der Waals surface area contributed by atoms with Crippen LogP contribution in [0.15, 0.2) is 35.3 Å². The highest BCUT2D eigenvalue weighted by Gasteiger charge is 2.03. The van der Waals surface area contributed by atoms with Gasteiger partial charge in [-0.15, -0.1) is 24.0 Å². The highest BCUT2D eigenvalue weighted by Crippen LogP contribution is 2.04. The Balaban J connectivity index is 0.00000441. The maximum absolute atomic E-state index is 4.69. The minimum atomic E-state index is 0. The number of aliphatic imine (C=N–C) groups is 1. The molecule has 2 N–H and O–H groups in total. The summed E-state index contributed by atoms with van der Waals surface area (Å²) in [6.45, 7) is 8.10. The van der Waals surface area contributed by atoms with Gasteiger partial charge in [-0.25, -0.2) is 0 Å². The summed E-state index contributed by atoms with van der Waals surface area (Å²) in [5.41, 5.74) is 1.17. The molecule has 5 heteroatoms. The van der Waals surface area contributed by atoms with Gasteiger partial charge in [-0.2, -0.15) is 0 Å². The first-order valence-corrected chi connectivity index (χ1v) is 8.06. The Hall–Kier alpha value is -0.980. The van der Waals surface area contributed by atoms with Crippen molar-refractivity contribution in [3.8, 4) is 0 Å². The zero-order valence-corrected chi connectivity index (χ0v) is 16.5. The largest absolute Gasteiger partial charge is 0.385 e. The van der Waals surface area contributed by atoms with Crippen molar-refractivity contribution in [3.05, 3.63) is 30.3 Å². The normalized spacial score (nSPS) is 10.8. The minimum absolute atomic E-state index is 0. The molecule has 0 aliphatic rings. The van der Waals surface area contributed by atoms with Crippen LogP contribution in [-0.4, -0.2) is 44.1 Å². The smallest absolute Gasteiger partial charge is 0.193 e. The molecule has 126 valence electrons. The van der Waals surface area contributed by atoms with Gasteiger partial charge in [-0.1, -0.05) is 31.5 Å². The van der Waals surface area contributed by atoms with E-state index in [1.54, 1.807) is 0 Å². The number of para-hydroxylation sites is 1. The van der Waals surface area contributed by atoms with Crippen LogP contribution >= 0.6 is 24.0 Å². The molecule has 0 aliphatic heterocycles. The van der Waals surface area contributed by atoms with E-state index >= 15 is 0 Å². The fourth-order valence-electron chi connectivity index (χ4n) is 2.02. The highest BCUT2D eigenvalue weighted by atomic mass is 127. The predicted octanol–water partition coefficient (Wildman–Crippen LogP) is 3.80. The molecule has 0 radical (unpaired) electrons. The first-order valence-electron chi connectivity index (χ1n) is 8.06. The Kier molecular flexibility index (Phi) is 13.1. The van der Waals surface area contributed by atoms with Gasteiger partial charge < -0.3 is 15.5 Å². The zero-order chi connectivity index (χ0) is 15.3. The second-order valence-corrected chi connectivity index (χ2v) is 5.16. The van der Waals surface area contributed by atoms with Crippen LogP contribution in [0.5, 0.6) is 0 Å². The van der Waals surface area contributed by atoms with Crippen LogP contribution in [0.25, 0.3) is 0 Å². The number of unbranched alkanes of at least 4 members (excludes halogenated alkanes) is 1. The Morgan fingerprint density at radius 3 is 2.50 bits per heavy atom. The van der Waals surface area contributed by atoms with Crippen LogP contribution in [-0.2, 0) is 0 Å². The average Bonchev–Trinajstić information content (AvgIpc) is 2.52. The lowest BCUT2D eigenvalue weighted by molar-refractivity contribution is 0.464. The molecule has 0 saturated carbocycles. The molecule has 0 aliphatic carbocycles. The summed E-state index contributed by atoms with van der Waals surface area (Å²) in [5.74, 6) is 1.02. The van der Waals surface area contributed by atoms with E-state index < -0.39 is 0 Å². The summed E-state index contributed by atoms with van der Waals surface area (Å²) in [6, 6.07) is 10.3. The van der Waals surface area contributed by atoms with Crippen LogP contribution < -0.4 is 10.6 Å². The average molecular weight is 418 g/mol. The van der Waals surface area contributed by atoms with E-state index in [9.17, 15) is 0 Å². The maximum atomic E-state index is 4.69. The summed E-state index contributed by atoms with van der Waals surface area (Å²) in [4.78, 5) is 6.91. The fourth-order valence-corrected chi connectivity index (χ4v) is 2.02. The van der Waals surface area contributed by atoms with Crippen molar-refractivity contribution in [2.75, 3.05) is 38.5 Å². The van der Waals surface area contributed by atoms with Gasteiger partial charge in [0.1, 0.15) is 0 Å². The predicted molar refractivity (Wildman–Crippen MR) is 108 cm³/mol. The molecule has 1 aromatic rings. The van der Waals surface area contributed by atoms with E-state index in [1.807, 2.05) is 18.2 Å². The molecule has 0 heterocycles. The third-order valence-corrected chi connectivity index (χ3v) is 3.24. The van der Waals surface area contributed by atoms with Crippen molar-refractivity contribution in [2.24, 2.45) is 4.99 Å². The number of hydrogen-bond acceptors (Lipinski definition) is 2. The summed E-state index contributed by atoms with van der Waals surface area (Å²) in [5, 5.41) is 6.77. The lowest BCUT2D eigenvalue weighted by Gasteiger charge is -2.21. The van der Waals surface area contributed by atoms with Gasteiger partial charge in [0.25, 0.3) is 0 Å². The van der Waals surface area contributed by atoms with Crippen molar-refractivity contribution in [2.45, 2.75) is 33.1 Å². The molecule has 4 nitrogen and oxygen atoms in total. The Labute approximate surface area is 152 Å². The molecule has 0 fully saturated rings. The quantitative estimate of drug-likeness (QED) is 0.277. The van der Waals surface area contributed by atoms with Gasteiger partial charge in [0.15, 0.2) is 5.96 Å². The Bertz CT molecular complexity index is 395. The molecule has 0 unspecified atom stereocenters. The van der Waals surface area contributed by atoms with Gasteiger partial charge in [-0.05, 0) is 31.9 Å². The van der Waals surface area contributed by atoms with Gasteiger partial charge in [0.2, 0.25) is 0 Å². The first-order chi connectivity index (χ1) is 10.3. The number of hydrogen-bond donors (Lipinski definition) is 2. The molecule has 1 aromatic carbocycles. The van der Waals surface area contributed by atoms with E-state index in [0.29, 0.717) is 0 Å². The van der Waals surface area contributed by atoms with Gasteiger partial charge in [-0.3, -0.25) is 4.99 Å². The van der Waals surface area contributed by atoms with Crippen molar-refractivity contribution in [1.82, 2.24) is 10.2 Å². The number of nitrogens with zero attached hydrogens (tertiary/aromatic N) is 2. The molecule has 1 rings (SSSR count). The highest BCUT2D eigenvalue weighted by molar-refractivity contribution is 14.0. The molecule has 0 saturated heterocycles. The van der Waals surface area contributed by atoms with E-state index in [4.69, 9.17) is 0 Å². The first kappa shape index (κ1) is 21.0.